The molecule has 0 N–H and O–H groups in total. The fourth-order valence-electron chi connectivity index (χ4n) is 2.33. The molecule has 1 unspecified atom stereocenters. The van der Waals surface area contributed by atoms with Crippen LogP contribution in [0.2, 0.25) is 0 Å². The number of esters is 1. The van der Waals surface area contributed by atoms with E-state index in [-0.39, 0.29) is 17.7 Å². The second kappa shape index (κ2) is 4.77. The number of benzene rings is 1. The van der Waals surface area contributed by atoms with E-state index in [1.165, 1.54) is 6.08 Å². The first-order chi connectivity index (χ1) is 8.51. The molecule has 1 aliphatic rings. The maximum Gasteiger partial charge on any atom is 0.331 e. The fourth-order valence-corrected chi connectivity index (χ4v) is 2.33. The number of Topliss-reactive ketones (excluding diaryl/α,β-unsaturated/α-hetero) is 1. The van der Waals surface area contributed by atoms with Crippen molar-refractivity contribution in [1.82, 2.24) is 0 Å². The second-order valence-electron chi connectivity index (χ2n) is 4.81. The molecule has 0 spiro atoms. The lowest BCUT2D eigenvalue weighted by Gasteiger charge is -2.31. The van der Waals surface area contributed by atoms with Gasteiger partial charge < -0.3 is 9.53 Å². The quantitative estimate of drug-likeness (QED) is 0.765. The molecule has 1 aromatic rings. The molecule has 0 radical (unpaired) electrons. The highest BCUT2D eigenvalue weighted by Gasteiger charge is 2.40. The zero-order valence-electron chi connectivity index (χ0n) is 10.6. The molecule has 0 fully saturated rings. The van der Waals surface area contributed by atoms with Crippen molar-refractivity contribution in [2.75, 3.05) is 0 Å². The first-order valence-electron chi connectivity index (χ1n) is 5.98. The van der Waals surface area contributed by atoms with Gasteiger partial charge in [-0.3, -0.25) is 0 Å². The summed E-state index contributed by atoms with van der Waals surface area (Å²) in [5.74, 6) is -0.401. The maximum atomic E-state index is 11.4. The Bertz CT molecular complexity index is 490. The highest BCUT2D eigenvalue weighted by atomic mass is 16.6. The van der Waals surface area contributed by atoms with Gasteiger partial charge in [-0.25, -0.2) is 4.79 Å². The summed E-state index contributed by atoms with van der Waals surface area (Å²) in [4.78, 5) is 22.7. The van der Waals surface area contributed by atoms with E-state index in [4.69, 9.17) is 4.74 Å². The minimum atomic E-state index is -0.732. The number of cyclic esters (lactones) is 1. The number of rotatable bonds is 4. The predicted molar refractivity (Wildman–Crippen MR) is 68.1 cm³/mol. The van der Waals surface area contributed by atoms with Gasteiger partial charge in [0, 0.05) is 18.4 Å². The summed E-state index contributed by atoms with van der Waals surface area (Å²) in [6.45, 7) is 3.40. The third kappa shape index (κ3) is 2.50. The Kier molecular flexibility index (Phi) is 3.32. The van der Waals surface area contributed by atoms with E-state index < -0.39 is 5.60 Å². The molecule has 94 valence electrons. The Labute approximate surface area is 106 Å². The Morgan fingerprint density at radius 1 is 1.33 bits per heavy atom. The summed E-state index contributed by atoms with van der Waals surface area (Å²) in [6, 6.07) is 9.68. The lowest BCUT2D eigenvalue weighted by molar-refractivity contribution is -0.146. The van der Waals surface area contributed by atoms with Crippen LogP contribution >= 0.6 is 0 Å². The van der Waals surface area contributed by atoms with Gasteiger partial charge >= 0.3 is 5.97 Å². The molecule has 3 nitrogen and oxygen atoms in total. The van der Waals surface area contributed by atoms with Crippen LogP contribution in [-0.2, 0) is 14.3 Å². The van der Waals surface area contributed by atoms with Crippen LogP contribution in [0.1, 0.15) is 31.7 Å². The minimum Gasteiger partial charge on any atom is -0.451 e. The topological polar surface area (TPSA) is 43.4 Å². The van der Waals surface area contributed by atoms with Gasteiger partial charge in [0.1, 0.15) is 11.4 Å². The number of carbonyl (C=O) groups is 2. The first kappa shape index (κ1) is 12.6. The van der Waals surface area contributed by atoms with Crippen LogP contribution in [0.5, 0.6) is 0 Å². The fraction of sp³-hybridized carbons (Fsp3) is 0.333. The van der Waals surface area contributed by atoms with E-state index in [0.717, 1.165) is 5.56 Å². The van der Waals surface area contributed by atoms with Gasteiger partial charge in [-0.15, -0.1) is 0 Å². The number of hydrogen-bond donors (Lipinski definition) is 0. The number of ketones is 1. The molecule has 0 saturated heterocycles. The predicted octanol–water partition coefficient (Wildman–Crippen LogP) is 2.62. The minimum absolute atomic E-state index is 0.0847. The lowest BCUT2D eigenvalue weighted by Crippen LogP contribution is -2.33. The van der Waals surface area contributed by atoms with Gasteiger partial charge in [0.15, 0.2) is 0 Å². The van der Waals surface area contributed by atoms with E-state index in [1.54, 1.807) is 13.0 Å². The highest BCUT2D eigenvalue weighted by Crippen LogP contribution is 2.38. The highest BCUT2D eigenvalue weighted by molar-refractivity contribution is 5.85. The zero-order chi connectivity index (χ0) is 13.2. The molecule has 0 amide bonds. The molecule has 0 bridgehead atoms. The number of hydrogen-bond acceptors (Lipinski definition) is 3. The largest absolute Gasteiger partial charge is 0.451 e. The molecular weight excluding hydrogens is 228 g/mol. The van der Waals surface area contributed by atoms with Gasteiger partial charge in [0.05, 0.1) is 0 Å². The van der Waals surface area contributed by atoms with Crippen LogP contribution in [-0.4, -0.2) is 17.4 Å². The maximum absolute atomic E-state index is 11.4. The Morgan fingerprint density at radius 2 is 2.00 bits per heavy atom. The van der Waals surface area contributed by atoms with Crippen molar-refractivity contribution in [3.8, 4) is 0 Å². The van der Waals surface area contributed by atoms with Crippen molar-refractivity contribution >= 4 is 11.8 Å². The second-order valence-corrected chi connectivity index (χ2v) is 4.81. The average Bonchev–Trinajstić information content (AvgIpc) is 2.68. The molecule has 1 aromatic carbocycles. The Morgan fingerprint density at radius 3 is 2.50 bits per heavy atom. The molecule has 3 heteroatoms. The lowest BCUT2D eigenvalue weighted by atomic mass is 9.80. The van der Waals surface area contributed by atoms with Crippen molar-refractivity contribution in [1.29, 1.82) is 0 Å². The van der Waals surface area contributed by atoms with Gasteiger partial charge in [0.2, 0.25) is 0 Å². The zero-order valence-corrected chi connectivity index (χ0v) is 10.6. The summed E-state index contributed by atoms with van der Waals surface area (Å²) in [5, 5.41) is 0. The monoisotopic (exact) mass is 244 g/mol. The SMILES string of the molecule is CC(=O)CC(c1ccccc1)[C@]1(C)C=CC(=O)O1. The van der Waals surface area contributed by atoms with E-state index in [0.29, 0.717) is 6.42 Å². The smallest absolute Gasteiger partial charge is 0.331 e. The van der Waals surface area contributed by atoms with Crippen LogP contribution in [0.3, 0.4) is 0 Å². The van der Waals surface area contributed by atoms with E-state index in [1.807, 2.05) is 37.3 Å². The molecular formula is C15H16O3. The number of ether oxygens (including phenoxy) is 1. The standard InChI is InChI=1S/C15H16O3/c1-11(16)10-13(12-6-4-3-5-7-12)15(2)9-8-14(17)18-15/h3-9,13H,10H2,1-2H3/t13?,15-/m0/s1. The van der Waals surface area contributed by atoms with Crippen LogP contribution in [0.15, 0.2) is 42.5 Å². The third-order valence-electron chi connectivity index (χ3n) is 3.26. The van der Waals surface area contributed by atoms with E-state index >= 15 is 0 Å². The normalized spacial score (nSPS) is 23.8. The molecule has 2 atom stereocenters. The van der Waals surface area contributed by atoms with Crippen LogP contribution in [0.4, 0.5) is 0 Å². The van der Waals surface area contributed by atoms with Crippen molar-refractivity contribution in [2.24, 2.45) is 0 Å². The van der Waals surface area contributed by atoms with Gasteiger partial charge in [-0.2, -0.15) is 0 Å². The number of carbonyl (C=O) groups excluding carboxylic acids is 2. The van der Waals surface area contributed by atoms with Crippen molar-refractivity contribution < 1.29 is 14.3 Å². The van der Waals surface area contributed by atoms with Crippen molar-refractivity contribution in [3.63, 3.8) is 0 Å². The molecule has 0 aliphatic carbocycles. The summed E-state index contributed by atoms with van der Waals surface area (Å²) >= 11 is 0. The molecule has 1 heterocycles. The van der Waals surface area contributed by atoms with E-state index in [9.17, 15) is 9.59 Å². The Hall–Kier alpha value is -1.90. The molecule has 2 rings (SSSR count). The van der Waals surface area contributed by atoms with Crippen LogP contribution < -0.4 is 0 Å². The van der Waals surface area contributed by atoms with Crippen molar-refractivity contribution in [3.05, 3.63) is 48.0 Å². The first-order valence-corrected chi connectivity index (χ1v) is 5.98. The summed E-state index contributed by atoms with van der Waals surface area (Å²) in [5.41, 5.74) is 0.277. The van der Waals surface area contributed by atoms with Crippen LogP contribution in [0, 0.1) is 0 Å². The Balaban J connectivity index is 2.35. The molecule has 18 heavy (non-hydrogen) atoms. The summed E-state index contributed by atoms with van der Waals surface area (Å²) < 4.78 is 5.36. The average molecular weight is 244 g/mol. The molecule has 0 aromatic heterocycles. The van der Waals surface area contributed by atoms with Gasteiger partial charge in [0.25, 0.3) is 0 Å². The molecule has 0 saturated carbocycles. The van der Waals surface area contributed by atoms with Crippen molar-refractivity contribution in [2.45, 2.75) is 31.8 Å². The molecule has 1 aliphatic heterocycles. The van der Waals surface area contributed by atoms with Crippen LogP contribution in [0.25, 0.3) is 0 Å². The van der Waals surface area contributed by atoms with E-state index in [2.05, 4.69) is 0 Å². The van der Waals surface area contributed by atoms with Gasteiger partial charge in [-0.05, 0) is 25.5 Å². The third-order valence-corrected chi connectivity index (χ3v) is 3.26. The van der Waals surface area contributed by atoms with Gasteiger partial charge in [-0.1, -0.05) is 30.3 Å². The summed E-state index contributed by atoms with van der Waals surface area (Å²) in [6.07, 6.45) is 3.53. The summed E-state index contributed by atoms with van der Waals surface area (Å²) in [7, 11) is 0.